The van der Waals surface area contributed by atoms with Gasteiger partial charge in [-0.15, -0.1) is 6.58 Å². The lowest BCUT2D eigenvalue weighted by Crippen LogP contribution is -2.63. The Labute approximate surface area is 233 Å². The maximum atomic E-state index is 11.2. The molecule has 2 aliphatic heterocycles. The van der Waals surface area contributed by atoms with Crippen LogP contribution in [0.4, 0.5) is 11.4 Å². The van der Waals surface area contributed by atoms with Crippen LogP contribution >= 0.6 is 0 Å². The second kappa shape index (κ2) is 13.5. The Kier molecular flexibility index (Phi) is 9.33. The average molecular weight is 545 g/mol. The summed E-state index contributed by atoms with van der Waals surface area (Å²) in [7, 11) is 0. The van der Waals surface area contributed by atoms with Crippen molar-refractivity contribution in [2.75, 3.05) is 19.8 Å². The van der Waals surface area contributed by atoms with Crippen LogP contribution < -0.4 is 9.47 Å². The van der Waals surface area contributed by atoms with Gasteiger partial charge in [0.25, 0.3) is 0 Å². The minimum atomic E-state index is -1.01. The highest BCUT2D eigenvalue weighted by atomic mass is 16.8. The Morgan fingerprint density at radius 2 is 1.48 bits per heavy atom. The Hall–Kier alpha value is -3.86. The maximum absolute atomic E-state index is 11.2. The van der Waals surface area contributed by atoms with Crippen molar-refractivity contribution >= 4 is 11.4 Å². The molecular weight excluding hydrogens is 512 g/mol. The molecule has 1 unspecified atom stereocenters. The van der Waals surface area contributed by atoms with Crippen LogP contribution in [0.2, 0.25) is 0 Å². The highest BCUT2D eigenvalue weighted by molar-refractivity contribution is 5.44. The molecule has 0 aromatic heterocycles. The molecule has 9 nitrogen and oxygen atoms in total. The molecule has 2 saturated heterocycles. The van der Waals surface area contributed by atoms with Crippen LogP contribution in [0.1, 0.15) is 11.9 Å². The topological polar surface area (TPSA) is 100 Å². The summed E-state index contributed by atoms with van der Waals surface area (Å²) in [6.45, 7) is 8.23. The molecule has 2 aliphatic rings. The van der Waals surface area contributed by atoms with Crippen LogP contribution in [-0.2, 0) is 18.9 Å². The molecule has 6 atom stereocenters. The van der Waals surface area contributed by atoms with Gasteiger partial charge in [-0.05, 0) is 48.5 Å². The Morgan fingerprint density at radius 3 is 2.12 bits per heavy atom. The lowest BCUT2D eigenvalue weighted by atomic mass is 9.97. The van der Waals surface area contributed by atoms with Crippen LogP contribution in [0.15, 0.2) is 114 Å². The monoisotopic (exact) mass is 544 g/mol. The van der Waals surface area contributed by atoms with E-state index in [1.165, 1.54) is 0 Å². The van der Waals surface area contributed by atoms with Crippen molar-refractivity contribution < 1.29 is 33.5 Å². The van der Waals surface area contributed by atoms with Crippen molar-refractivity contribution in [3.8, 4) is 11.5 Å². The molecule has 0 aliphatic carbocycles. The molecule has 208 valence electrons. The SMILES string of the molecule is C=CCOc1ccc(N=Nc2ccc(O[C@H]3O[C@@H]4COC(c5ccccc5)O[C@H]4[C@H](O)[C@@H]3OCC=C)cc2)cc1. The summed E-state index contributed by atoms with van der Waals surface area (Å²) >= 11 is 0. The van der Waals surface area contributed by atoms with E-state index in [1.54, 1.807) is 36.4 Å². The van der Waals surface area contributed by atoms with Gasteiger partial charge in [-0.2, -0.15) is 10.2 Å². The number of nitrogens with zero attached hydrogens (tertiary/aromatic N) is 2. The number of hydrogen-bond acceptors (Lipinski definition) is 9. The summed E-state index contributed by atoms with van der Waals surface area (Å²) in [4.78, 5) is 0. The normalized spacial score (nSPS) is 26.1. The van der Waals surface area contributed by atoms with E-state index < -0.39 is 37.0 Å². The van der Waals surface area contributed by atoms with Gasteiger partial charge < -0.3 is 33.5 Å². The summed E-state index contributed by atoms with van der Waals surface area (Å²) in [5.74, 6) is 1.25. The van der Waals surface area contributed by atoms with E-state index in [2.05, 4.69) is 23.4 Å². The van der Waals surface area contributed by atoms with Gasteiger partial charge in [0, 0.05) is 5.56 Å². The number of hydrogen-bond donors (Lipinski definition) is 1. The van der Waals surface area contributed by atoms with Crippen LogP contribution in [-0.4, -0.2) is 55.6 Å². The number of aliphatic hydroxyl groups excluding tert-OH is 1. The minimum absolute atomic E-state index is 0.210. The highest BCUT2D eigenvalue weighted by Crippen LogP contribution is 2.36. The van der Waals surface area contributed by atoms with Crippen LogP contribution in [0.25, 0.3) is 0 Å². The second-order valence-electron chi connectivity index (χ2n) is 9.20. The average Bonchev–Trinajstić information content (AvgIpc) is 3.00. The lowest BCUT2D eigenvalue weighted by Gasteiger charge is -2.47. The zero-order valence-electron chi connectivity index (χ0n) is 22.0. The van der Waals surface area contributed by atoms with E-state index in [9.17, 15) is 5.11 Å². The number of rotatable bonds is 11. The molecule has 0 bridgehead atoms. The van der Waals surface area contributed by atoms with Gasteiger partial charge in [-0.25, -0.2) is 0 Å². The van der Waals surface area contributed by atoms with Crippen molar-refractivity contribution in [2.24, 2.45) is 10.2 Å². The van der Waals surface area contributed by atoms with Gasteiger partial charge >= 0.3 is 0 Å². The summed E-state index contributed by atoms with van der Waals surface area (Å²) in [6, 6.07) is 23.9. The third-order valence-electron chi connectivity index (χ3n) is 6.36. The summed E-state index contributed by atoms with van der Waals surface area (Å²) in [5.41, 5.74) is 2.20. The predicted molar refractivity (Wildman–Crippen MR) is 148 cm³/mol. The zero-order chi connectivity index (χ0) is 27.7. The molecule has 2 fully saturated rings. The lowest BCUT2D eigenvalue weighted by molar-refractivity contribution is -0.353. The third kappa shape index (κ3) is 6.82. The van der Waals surface area contributed by atoms with Crippen LogP contribution in [0.3, 0.4) is 0 Å². The molecule has 2 heterocycles. The Morgan fingerprint density at radius 1 is 0.825 bits per heavy atom. The van der Waals surface area contributed by atoms with Crippen LogP contribution in [0, 0.1) is 0 Å². The summed E-state index contributed by atoms with van der Waals surface area (Å²) in [5, 5.41) is 19.8. The van der Waals surface area contributed by atoms with Gasteiger partial charge in [-0.3, -0.25) is 0 Å². The number of azo groups is 1. The van der Waals surface area contributed by atoms with Crippen molar-refractivity contribution in [3.05, 3.63) is 110 Å². The summed E-state index contributed by atoms with van der Waals surface area (Å²) in [6.07, 6.45) is -1.23. The molecule has 1 N–H and O–H groups in total. The van der Waals surface area contributed by atoms with Gasteiger partial charge in [-0.1, -0.05) is 49.1 Å². The first kappa shape index (κ1) is 27.7. The molecular formula is C31H32N2O7. The van der Waals surface area contributed by atoms with Crippen molar-refractivity contribution in [1.29, 1.82) is 0 Å². The van der Waals surface area contributed by atoms with Crippen molar-refractivity contribution in [1.82, 2.24) is 0 Å². The second-order valence-corrected chi connectivity index (χ2v) is 9.20. The van der Waals surface area contributed by atoms with Gasteiger partial charge in [0.05, 0.1) is 24.6 Å². The number of benzene rings is 3. The van der Waals surface area contributed by atoms with Crippen LogP contribution in [0.5, 0.6) is 11.5 Å². The molecule has 3 aromatic carbocycles. The van der Waals surface area contributed by atoms with Gasteiger partial charge in [0.2, 0.25) is 6.29 Å². The molecule has 40 heavy (non-hydrogen) atoms. The fraction of sp³-hybridized carbons (Fsp3) is 0.290. The maximum Gasteiger partial charge on any atom is 0.229 e. The molecule has 0 radical (unpaired) electrons. The predicted octanol–water partition coefficient (Wildman–Crippen LogP) is 5.82. The minimum Gasteiger partial charge on any atom is -0.490 e. The standard InChI is InChI=1S/C31H32N2O7/c1-3-18-35-24-14-10-22(11-15-24)32-33-23-12-16-25(17-13-23)38-31-29(36-19-4-2)27(34)28-26(39-31)20-37-30(40-28)21-8-6-5-7-9-21/h3-17,26-31,34H,1-2,18-20H2/t26-,27+,28-,29+,30?,31+/m1/s1. The molecule has 0 amide bonds. The Bertz CT molecular complexity index is 1270. The fourth-order valence-corrected chi connectivity index (χ4v) is 4.40. The number of fused-ring (bicyclic) bond motifs is 1. The molecule has 9 heteroatoms. The smallest absolute Gasteiger partial charge is 0.229 e. The largest absolute Gasteiger partial charge is 0.490 e. The molecule has 3 aromatic rings. The first-order valence-corrected chi connectivity index (χ1v) is 13.0. The first-order chi connectivity index (χ1) is 19.6. The van der Waals surface area contributed by atoms with E-state index in [0.29, 0.717) is 23.7 Å². The molecule has 5 rings (SSSR count). The van der Waals surface area contributed by atoms with E-state index in [0.717, 1.165) is 11.3 Å². The quantitative estimate of drug-likeness (QED) is 0.240. The summed E-state index contributed by atoms with van der Waals surface area (Å²) < 4.78 is 35.6. The fourth-order valence-electron chi connectivity index (χ4n) is 4.40. The molecule has 0 spiro atoms. The number of ether oxygens (including phenoxy) is 6. The number of aliphatic hydroxyl groups is 1. The van der Waals surface area contributed by atoms with E-state index >= 15 is 0 Å². The van der Waals surface area contributed by atoms with Crippen molar-refractivity contribution in [3.63, 3.8) is 0 Å². The first-order valence-electron chi connectivity index (χ1n) is 13.0. The van der Waals surface area contributed by atoms with E-state index in [1.807, 2.05) is 54.6 Å². The third-order valence-corrected chi connectivity index (χ3v) is 6.36. The van der Waals surface area contributed by atoms with E-state index in [4.69, 9.17) is 28.4 Å². The van der Waals surface area contributed by atoms with Gasteiger partial charge in [0.1, 0.15) is 42.5 Å². The highest BCUT2D eigenvalue weighted by Gasteiger charge is 2.51. The van der Waals surface area contributed by atoms with Crippen molar-refractivity contribution in [2.45, 2.75) is 37.0 Å². The van der Waals surface area contributed by atoms with Gasteiger partial charge in [0.15, 0.2) is 6.29 Å². The van der Waals surface area contributed by atoms with E-state index in [-0.39, 0.29) is 13.2 Å². The zero-order valence-corrected chi connectivity index (χ0v) is 22.0. The molecule has 0 saturated carbocycles. The Balaban J connectivity index is 1.23.